The summed E-state index contributed by atoms with van der Waals surface area (Å²) < 4.78 is 5.30. The van der Waals surface area contributed by atoms with Crippen molar-refractivity contribution in [1.29, 1.82) is 5.26 Å². The Kier molecular flexibility index (Phi) is 4.31. The van der Waals surface area contributed by atoms with Crippen LogP contribution in [0.25, 0.3) is 10.6 Å². The van der Waals surface area contributed by atoms with Crippen molar-refractivity contribution in [2.45, 2.75) is 13.3 Å². The van der Waals surface area contributed by atoms with Crippen molar-refractivity contribution in [3.8, 4) is 22.4 Å². The van der Waals surface area contributed by atoms with E-state index in [4.69, 9.17) is 10.00 Å². The van der Waals surface area contributed by atoms with E-state index >= 15 is 0 Å². The van der Waals surface area contributed by atoms with E-state index < -0.39 is 0 Å². The fraction of sp³-hybridized carbons (Fsp3) is 0.308. The van der Waals surface area contributed by atoms with Crippen LogP contribution in [0.5, 0.6) is 5.75 Å². The summed E-state index contributed by atoms with van der Waals surface area (Å²) in [5.74, 6) is 0.692. The van der Waals surface area contributed by atoms with Crippen LogP contribution >= 0.6 is 11.3 Å². The number of hydrogen-bond acceptors (Lipinski definition) is 6. The molecule has 0 unspecified atom stereocenters. The molecule has 1 aromatic heterocycles. The predicted molar refractivity (Wildman–Crippen MR) is 75.4 cm³/mol. The molecule has 1 heterocycles. The quantitative estimate of drug-likeness (QED) is 0.907. The Morgan fingerprint density at radius 1 is 1.42 bits per heavy atom. The van der Waals surface area contributed by atoms with Crippen LogP contribution < -0.4 is 10.1 Å². The Hall–Kier alpha value is -2.13. The highest BCUT2D eigenvalue weighted by Crippen LogP contribution is 2.34. The van der Waals surface area contributed by atoms with Gasteiger partial charge in [-0.05, 0) is 24.6 Å². The standard InChI is InChI=1S/C13H14N4OS/c1-3-6-15-13-17-16-12(19-13)10-7-9(8-14)4-5-11(10)18-2/h4-5,7H,3,6H2,1-2H3,(H,15,17). The summed E-state index contributed by atoms with van der Waals surface area (Å²) in [4.78, 5) is 0. The van der Waals surface area contributed by atoms with Crippen molar-refractivity contribution in [3.05, 3.63) is 23.8 Å². The third kappa shape index (κ3) is 3.01. The Morgan fingerprint density at radius 2 is 2.26 bits per heavy atom. The van der Waals surface area contributed by atoms with Crippen LogP contribution in [-0.4, -0.2) is 23.9 Å². The smallest absolute Gasteiger partial charge is 0.206 e. The van der Waals surface area contributed by atoms with E-state index in [2.05, 4.69) is 28.5 Å². The Bertz CT molecular complexity index is 603. The van der Waals surface area contributed by atoms with Crippen LogP contribution in [0.1, 0.15) is 18.9 Å². The fourth-order valence-electron chi connectivity index (χ4n) is 1.58. The number of nitrogens with zero attached hydrogens (tertiary/aromatic N) is 3. The van der Waals surface area contributed by atoms with Gasteiger partial charge in [0.25, 0.3) is 0 Å². The van der Waals surface area contributed by atoms with E-state index in [1.165, 1.54) is 11.3 Å². The molecule has 0 fully saturated rings. The summed E-state index contributed by atoms with van der Waals surface area (Å²) in [6, 6.07) is 7.38. The molecule has 0 atom stereocenters. The van der Waals surface area contributed by atoms with Crippen LogP contribution in [0.2, 0.25) is 0 Å². The van der Waals surface area contributed by atoms with Crippen molar-refractivity contribution in [2.24, 2.45) is 0 Å². The predicted octanol–water partition coefficient (Wildman–Crippen LogP) is 2.91. The van der Waals surface area contributed by atoms with Gasteiger partial charge in [0.2, 0.25) is 5.13 Å². The first-order valence-corrected chi connectivity index (χ1v) is 6.76. The summed E-state index contributed by atoms with van der Waals surface area (Å²) in [6.07, 6.45) is 1.03. The van der Waals surface area contributed by atoms with Gasteiger partial charge in [0.05, 0.1) is 24.3 Å². The third-order valence-corrected chi connectivity index (χ3v) is 3.42. The molecule has 2 rings (SSSR count). The number of nitrogens with one attached hydrogen (secondary N) is 1. The fourth-order valence-corrected chi connectivity index (χ4v) is 2.37. The zero-order chi connectivity index (χ0) is 13.7. The number of benzene rings is 1. The first kappa shape index (κ1) is 13.3. The minimum Gasteiger partial charge on any atom is -0.496 e. The average Bonchev–Trinajstić information content (AvgIpc) is 2.93. The molecule has 0 amide bonds. The van der Waals surface area contributed by atoms with E-state index in [1.807, 2.05) is 0 Å². The van der Waals surface area contributed by atoms with Crippen molar-refractivity contribution in [3.63, 3.8) is 0 Å². The Morgan fingerprint density at radius 3 is 2.95 bits per heavy atom. The van der Waals surface area contributed by atoms with Gasteiger partial charge in [-0.15, -0.1) is 10.2 Å². The molecule has 0 aliphatic heterocycles. The van der Waals surface area contributed by atoms with E-state index in [1.54, 1.807) is 25.3 Å². The molecule has 6 heteroatoms. The Labute approximate surface area is 115 Å². The number of hydrogen-bond donors (Lipinski definition) is 1. The highest BCUT2D eigenvalue weighted by atomic mass is 32.1. The molecule has 0 aliphatic carbocycles. The van der Waals surface area contributed by atoms with Crippen LogP contribution in [-0.2, 0) is 0 Å². The van der Waals surface area contributed by atoms with E-state index in [-0.39, 0.29) is 0 Å². The van der Waals surface area contributed by atoms with Gasteiger partial charge in [-0.25, -0.2) is 0 Å². The van der Waals surface area contributed by atoms with Gasteiger partial charge < -0.3 is 10.1 Å². The maximum absolute atomic E-state index is 8.96. The molecule has 2 aromatic rings. The molecular formula is C13H14N4OS. The highest BCUT2D eigenvalue weighted by molar-refractivity contribution is 7.18. The lowest BCUT2D eigenvalue weighted by Crippen LogP contribution is -1.98. The van der Waals surface area contributed by atoms with Crippen LogP contribution in [0.3, 0.4) is 0 Å². The van der Waals surface area contributed by atoms with E-state index in [0.29, 0.717) is 11.3 Å². The number of aromatic nitrogens is 2. The molecule has 0 bridgehead atoms. The minimum absolute atomic E-state index is 0.578. The van der Waals surface area contributed by atoms with E-state index in [0.717, 1.165) is 28.7 Å². The third-order valence-electron chi connectivity index (χ3n) is 2.51. The molecule has 0 saturated carbocycles. The van der Waals surface area contributed by atoms with Crippen molar-refractivity contribution < 1.29 is 4.74 Å². The van der Waals surface area contributed by atoms with Gasteiger partial charge in [-0.2, -0.15) is 5.26 Å². The molecule has 98 valence electrons. The van der Waals surface area contributed by atoms with Crippen LogP contribution in [0, 0.1) is 11.3 Å². The largest absolute Gasteiger partial charge is 0.496 e. The maximum Gasteiger partial charge on any atom is 0.206 e. The second kappa shape index (κ2) is 6.16. The summed E-state index contributed by atoms with van der Waals surface area (Å²) in [7, 11) is 1.60. The minimum atomic E-state index is 0.578. The lowest BCUT2D eigenvalue weighted by Gasteiger charge is -2.05. The zero-order valence-electron chi connectivity index (χ0n) is 10.8. The number of anilines is 1. The second-order valence-corrected chi connectivity index (χ2v) is 4.84. The molecule has 1 N–H and O–H groups in total. The van der Waals surface area contributed by atoms with Crippen molar-refractivity contribution >= 4 is 16.5 Å². The maximum atomic E-state index is 8.96. The topological polar surface area (TPSA) is 70.8 Å². The normalized spacial score (nSPS) is 9.95. The number of rotatable bonds is 5. The highest BCUT2D eigenvalue weighted by Gasteiger charge is 2.12. The van der Waals surface area contributed by atoms with Gasteiger partial charge in [0.15, 0.2) is 5.01 Å². The lowest BCUT2D eigenvalue weighted by molar-refractivity contribution is 0.416. The number of ether oxygens (including phenoxy) is 1. The number of methoxy groups -OCH3 is 1. The number of nitriles is 1. The zero-order valence-corrected chi connectivity index (χ0v) is 11.6. The molecule has 0 radical (unpaired) electrons. The molecule has 0 saturated heterocycles. The van der Waals surface area contributed by atoms with Crippen LogP contribution in [0.4, 0.5) is 5.13 Å². The second-order valence-electron chi connectivity index (χ2n) is 3.87. The SMILES string of the molecule is CCCNc1nnc(-c2cc(C#N)ccc2OC)s1. The molecule has 19 heavy (non-hydrogen) atoms. The first-order chi connectivity index (χ1) is 9.28. The van der Waals surface area contributed by atoms with Gasteiger partial charge >= 0.3 is 0 Å². The van der Waals surface area contributed by atoms with E-state index in [9.17, 15) is 0 Å². The molecular weight excluding hydrogens is 260 g/mol. The van der Waals surface area contributed by atoms with Gasteiger partial charge in [0, 0.05) is 6.54 Å². The molecule has 5 nitrogen and oxygen atoms in total. The average molecular weight is 274 g/mol. The molecule has 0 aliphatic rings. The first-order valence-electron chi connectivity index (χ1n) is 5.94. The van der Waals surface area contributed by atoms with Crippen molar-refractivity contribution in [2.75, 3.05) is 19.0 Å². The van der Waals surface area contributed by atoms with Gasteiger partial charge in [-0.1, -0.05) is 18.3 Å². The molecule has 1 aromatic carbocycles. The van der Waals surface area contributed by atoms with Crippen molar-refractivity contribution in [1.82, 2.24) is 10.2 Å². The monoisotopic (exact) mass is 274 g/mol. The lowest BCUT2D eigenvalue weighted by atomic mass is 10.1. The Balaban J connectivity index is 2.34. The molecule has 0 spiro atoms. The van der Waals surface area contributed by atoms with Gasteiger partial charge in [0.1, 0.15) is 5.75 Å². The van der Waals surface area contributed by atoms with Gasteiger partial charge in [-0.3, -0.25) is 0 Å². The summed E-state index contributed by atoms with van der Waals surface area (Å²) in [6.45, 7) is 2.96. The summed E-state index contributed by atoms with van der Waals surface area (Å²) in [5.41, 5.74) is 1.37. The summed E-state index contributed by atoms with van der Waals surface area (Å²) in [5, 5.41) is 21.9. The van der Waals surface area contributed by atoms with Crippen LogP contribution in [0.15, 0.2) is 18.2 Å². The summed E-state index contributed by atoms with van der Waals surface area (Å²) >= 11 is 1.45.